The van der Waals surface area contributed by atoms with Crippen LogP contribution in [0.1, 0.15) is 44.0 Å². The average Bonchev–Trinajstić information content (AvgIpc) is 2.56. The van der Waals surface area contributed by atoms with Crippen LogP contribution in [0.15, 0.2) is 18.2 Å². The summed E-state index contributed by atoms with van der Waals surface area (Å²) in [5.41, 5.74) is 1.50. The summed E-state index contributed by atoms with van der Waals surface area (Å²) in [4.78, 5) is 26.6. The molecule has 0 unspecified atom stereocenters. The molecule has 2 N–H and O–H groups in total. The Morgan fingerprint density at radius 2 is 1.62 bits per heavy atom. The third-order valence-electron chi connectivity index (χ3n) is 3.25. The number of ether oxygens (including phenoxy) is 2. The number of rotatable bonds is 11. The molecule has 0 atom stereocenters. The van der Waals surface area contributed by atoms with Gasteiger partial charge in [0, 0.05) is 27.1 Å². The summed E-state index contributed by atoms with van der Waals surface area (Å²) in [5.74, 6) is 0.00154. The highest BCUT2D eigenvalue weighted by atomic mass is 16.5. The van der Waals surface area contributed by atoms with E-state index < -0.39 is 6.09 Å². The lowest BCUT2D eigenvalue weighted by atomic mass is 10.2. The number of hydrogen-bond acceptors (Lipinski definition) is 5. The van der Waals surface area contributed by atoms with Crippen LogP contribution in [0.2, 0.25) is 0 Å². The van der Waals surface area contributed by atoms with Crippen molar-refractivity contribution in [3.8, 4) is 0 Å². The summed E-state index contributed by atoms with van der Waals surface area (Å²) in [7, 11) is 1.61. The van der Waals surface area contributed by atoms with Gasteiger partial charge in [0.15, 0.2) is 0 Å². The Hall–Kier alpha value is -2.15. The van der Waals surface area contributed by atoms with E-state index in [0.29, 0.717) is 25.4 Å². The van der Waals surface area contributed by atoms with E-state index in [1.165, 1.54) is 6.92 Å². The first-order chi connectivity index (χ1) is 11.6. The van der Waals surface area contributed by atoms with Crippen molar-refractivity contribution in [2.24, 2.45) is 0 Å². The van der Waals surface area contributed by atoms with Gasteiger partial charge in [-0.05, 0) is 25.0 Å². The second kappa shape index (κ2) is 12.3. The molecule has 1 aromatic rings. The lowest BCUT2D eigenvalue weighted by Gasteiger charge is -2.08. The number of carbonyl (C=O) groups excluding carboxylic acids is 2. The van der Waals surface area contributed by atoms with Crippen LogP contribution in [0, 0.1) is 0 Å². The third-order valence-corrected chi connectivity index (χ3v) is 3.25. The van der Waals surface area contributed by atoms with Gasteiger partial charge in [0.2, 0.25) is 5.91 Å². The predicted molar refractivity (Wildman–Crippen MR) is 90.3 cm³/mol. The smallest absolute Gasteiger partial charge is 0.407 e. The first kappa shape index (κ1) is 19.9. The highest BCUT2D eigenvalue weighted by Crippen LogP contribution is 2.03. The molecule has 0 aromatic carbocycles. The monoisotopic (exact) mass is 337 g/mol. The highest BCUT2D eigenvalue weighted by molar-refractivity contribution is 5.72. The Kier molecular flexibility index (Phi) is 10.2. The normalized spacial score (nSPS) is 10.2. The summed E-state index contributed by atoms with van der Waals surface area (Å²) in [6.07, 6.45) is 3.42. The molecule has 0 bridgehead atoms. The number of aromatic nitrogens is 1. The van der Waals surface area contributed by atoms with Crippen molar-refractivity contribution in [1.29, 1.82) is 0 Å². The molecular formula is C17H27N3O4. The van der Waals surface area contributed by atoms with Crippen molar-refractivity contribution in [3.05, 3.63) is 29.6 Å². The van der Waals surface area contributed by atoms with E-state index in [0.717, 1.165) is 31.4 Å². The molecule has 0 saturated carbocycles. The van der Waals surface area contributed by atoms with Gasteiger partial charge in [0.1, 0.15) is 6.61 Å². The van der Waals surface area contributed by atoms with Gasteiger partial charge in [0.25, 0.3) is 0 Å². The molecule has 0 aliphatic carbocycles. The molecular weight excluding hydrogens is 310 g/mol. The minimum absolute atomic E-state index is 0.00154. The quantitative estimate of drug-likeness (QED) is 0.604. The summed E-state index contributed by atoms with van der Waals surface area (Å²) < 4.78 is 10.1. The second-order valence-corrected chi connectivity index (χ2v) is 5.45. The Bertz CT molecular complexity index is 508. The van der Waals surface area contributed by atoms with Crippen LogP contribution < -0.4 is 10.6 Å². The van der Waals surface area contributed by atoms with Crippen molar-refractivity contribution >= 4 is 12.0 Å². The fourth-order valence-corrected chi connectivity index (χ4v) is 2.09. The number of hydrogen-bond donors (Lipinski definition) is 2. The number of carbonyl (C=O) groups is 2. The number of pyridine rings is 1. The number of unbranched alkanes of at least 4 members (excludes halogenated alkanes) is 3. The van der Waals surface area contributed by atoms with Gasteiger partial charge in [-0.2, -0.15) is 0 Å². The van der Waals surface area contributed by atoms with Gasteiger partial charge >= 0.3 is 6.09 Å². The molecule has 134 valence electrons. The van der Waals surface area contributed by atoms with E-state index in [-0.39, 0.29) is 12.5 Å². The number of amides is 2. The van der Waals surface area contributed by atoms with Crippen LogP contribution in [0.4, 0.5) is 4.79 Å². The predicted octanol–water partition coefficient (Wildman–Crippen LogP) is 2.15. The Morgan fingerprint density at radius 1 is 1.00 bits per heavy atom. The first-order valence-corrected chi connectivity index (χ1v) is 8.20. The lowest BCUT2D eigenvalue weighted by Crippen LogP contribution is -2.25. The fraction of sp³-hybridized carbons (Fsp3) is 0.588. The molecule has 1 aromatic heterocycles. The fourth-order valence-electron chi connectivity index (χ4n) is 2.09. The van der Waals surface area contributed by atoms with E-state index in [9.17, 15) is 9.59 Å². The number of methoxy groups -OCH3 is 1. The minimum atomic E-state index is -0.438. The zero-order valence-electron chi connectivity index (χ0n) is 14.5. The maximum atomic E-state index is 11.6. The van der Waals surface area contributed by atoms with Crippen LogP contribution in [-0.4, -0.2) is 37.2 Å². The zero-order valence-corrected chi connectivity index (χ0v) is 14.5. The number of nitrogens with zero attached hydrogens (tertiary/aromatic N) is 1. The maximum absolute atomic E-state index is 11.6. The Morgan fingerprint density at radius 3 is 2.25 bits per heavy atom. The highest BCUT2D eigenvalue weighted by Gasteiger charge is 2.04. The van der Waals surface area contributed by atoms with E-state index in [1.807, 2.05) is 18.2 Å². The molecule has 0 aliphatic heterocycles. The standard InChI is InChI=1S/C17H27N3O4/c1-14(21)18-10-5-3-4-6-11-19-17(22)24-13-16-9-7-8-15(20-16)12-23-2/h7-9H,3-6,10-13H2,1-2H3,(H,18,21)(H,19,22). The molecule has 0 fully saturated rings. The van der Waals surface area contributed by atoms with Crippen LogP contribution >= 0.6 is 0 Å². The van der Waals surface area contributed by atoms with Crippen molar-refractivity contribution < 1.29 is 19.1 Å². The molecule has 1 rings (SSSR count). The van der Waals surface area contributed by atoms with Gasteiger partial charge in [-0.3, -0.25) is 9.78 Å². The van der Waals surface area contributed by atoms with Crippen LogP contribution in [0.5, 0.6) is 0 Å². The van der Waals surface area contributed by atoms with Gasteiger partial charge < -0.3 is 20.1 Å². The van der Waals surface area contributed by atoms with E-state index >= 15 is 0 Å². The van der Waals surface area contributed by atoms with Crippen molar-refractivity contribution in [2.45, 2.75) is 45.8 Å². The Labute approximate surface area is 143 Å². The second-order valence-electron chi connectivity index (χ2n) is 5.45. The van der Waals surface area contributed by atoms with Crippen molar-refractivity contribution in [1.82, 2.24) is 15.6 Å². The zero-order chi connectivity index (χ0) is 17.6. The number of alkyl carbamates (subject to hydrolysis) is 1. The maximum Gasteiger partial charge on any atom is 0.407 e. The summed E-state index contributed by atoms with van der Waals surface area (Å²) >= 11 is 0. The topological polar surface area (TPSA) is 89.5 Å². The van der Waals surface area contributed by atoms with E-state index in [2.05, 4.69) is 15.6 Å². The SMILES string of the molecule is COCc1cccc(COC(=O)NCCCCCCNC(C)=O)n1. The molecule has 2 amide bonds. The first-order valence-electron chi connectivity index (χ1n) is 8.20. The largest absolute Gasteiger partial charge is 0.443 e. The van der Waals surface area contributed by atoms with Gasteiger partial charge in [-0.1, -0.05) is 18.9 Å². The molecule has 7 nitrogen and oxygen atoms in total. The molecule has 0 saturated heterocycles. The van der Waals surface area contributed by atoms with E-state index in [1.54, 1.807) is 7.11 Å². The van der Waals surface area contributed by atoms with Gasteiger partial charge in [-0.25, -0.2) is 4.79 Å². The molecule has 1 heterocycles. The molecule has 0 aliphatic rings. The van der Waals surface area contributed by atoms with Crippen molar-refractivity contribution in [3.63, 3.8) is 0 Å². The minimum Gasteiger partial charge on any atom is -0.443 e. The molecule has 0 spiro atoms. The third kappa shape index (κ3) is 9.78. The molecule has 7 heteroatoms. The van der Waals surface area contributed by atoms with Crippen LogP contribution in [-0.2, 0) is 27.5 Å². The summed E-state index contributed by atoms with van der Waals surface area (Å²) in [6.45, 7) is 3.37. The van der Waals surface area contributed by atoms with Crippen molar-refractivity contribution in [2.75, 3.05) is 20.2 Å². The molecule has 24 heavy (non-hydrogen) atoms. The number of nitrogens with one attached hydrogen (secondary N) is 2. The molecule has 0 radical (unpaired) electrons. The summed E-state index contributed by atoms with van der Waals surface area (Å²) in [5, 5.41) is 5.47. The summed E-state index contributed by atoms with van der Waals surface area (Å²) in [6, 6.07) is 5.53. The van der Waals surface area contributed by atoms with E-state index in [4.69, 9.17) is 9.47 Å². The van der Waals surface area contributed by atoms with Crippen LogP contribution in [0.25, 0.3) is 0 Å². The van der Waals surface area contributed by atoms with Crippen LogP contribution in [0.3, 0.4) is 0 Å². The van der Waals surface area contributed by atoms with Gasteiger partial charge in [-0.15, -0.1) is 0 Å². The lowest BCUT2D eigenvalue weighted by molar-refractivity contribution is -0.118. The van der Waals surface area contributed by atoms with Gasteiger partial charge in [0.05, 0.1) is 18.0 Å². The Balaban J connectivity index is 2.06. The average molecular weight is 337 g/mol.